The van der Waals surface area contributed by atoms with Gasteiger partial charge in [-0.2, -0.15) is 0 Å². The fourth-order valence-electron chi connectivity index (χ4n) is 1.17. The maximum absolute atomic E-state index is 5.89. The van der Waals surface area contributed by atoms with Gasteiger partial charge < -0.3 is 5.73 Å². The summed E-state index contributed by atoms with van der Waals surface area (Å²) in [6.07, 6.45) is 1.93. The molecule has 0 fully saturated rings. The fraction of sp³-hybridized carbons (Fsp3) is 0.444. The Labute approximate surface area is 88.1 Å². The lowest BCUT2D eigenvalue weighted by molar-refractivity contribution is 0.636. The molecule has 0 amide bonds. The van der Waals surface area contributed by atoms with Crippen molar-refractivity contribution in [3.63, 3.8) is 0 Å². The van der Waals surface area contributed by atoms with Crippen LogP contribution >= 0.6 is 23.2 Å². The van der Waals surface area contributed by atoms with Crippen LogP contribution in [-0.4, -0.2) is 4.98 Å². The molecule has 0 saturated heterocycles. The molecule has 1 aromatic rings. The van der Waals surface area contributed by atoms with Gasteiger partial charge in [-0.25, -0.2) is 4.98 Å². The molecule has 72 valence electrons. The third-order valence-corrected chi connectivity index (χ3v) is 2.36. The van der Waals surface area contributed by atoms with Crippen LogP contribution in [0.5, 0.6) is 0 Å². The van der Waals surface area contributed by atoms with Crippen LogP contribution in [0.4, 0.5) is 0 Å². The van der Waals surface area contributed by atoms with Gasteiger partial charge in [0.05, 0.1) is 0 Å². The fourth-order valence-corrected chi connectivity index (χ4v) is 1.65. The summed E-state index contributed by atoms with van der Waals surface area (Å²) in [6, 6.07) is 3.50. The van der Waals surface area contributed by atoms with Gasteiger partial charge in [-0.15, -0.1) is 0 Å². The van der Waals surface area contributed by atoms with Crippen LogP contribution in [0.1, 0.15) is 31.4 Å². The highest BCUT2D eigenvalue weighted by molar-refractivity contribution is 6.32. The molecule has 1 atom stereocenters. The molecule has 0 aliphatic rings. The zero-order valence-electron chi connectivity index (χ0n) is 7.43. The van der Waals surface area contributed by atoms with Crippen molar-refractivity contribution in [1.29, 1.82) is 0 Å². The predicted molar refractivity (Wildman–Crippen MR) is 56.1 cm³/mol. The van der Waals surface area contributed by atoms with Crippen LogP contribution in [0.2, 0.25) is 10.3 Å². The van der Waals surface area contributed by atoms with Crippen LogP contribution in [0.25, 0.3) is 0 Å². The van der Waals surface area contributed by atoms with Crippen LogP contribution in [0.15, 0.2) is 12.1 Å². The average molecular weight is 219 g/mol. The first-order chi connectivity index (χ1) is 6.15. The maximum atomic E-state index is 5.89. The van der Waals surface area contributed by atoms with E-state index in [2.05, 4.69) is 11.9 Å². The average Bonchev–Trinajstić information content (AvgIpc) is 2.04. The van der Waals surface area contributed by atoms with Gasteiger partial charge in [0.15, 0.2) is 0 Å². The summed E-state index contributed by atoms with van der Waals surface area (Å²) in [5.74, 6) is 0. The van der Waals surface area contributed by atoms with Crippen LogP contribution < -0.4 is 5.73 Å². The molecule has 0 aliphatic heterocycles. The molecule has 4 heteroatoms. The highest BCUT2D eigenvalue weighted by Crippen LogP contribution is 2.24. The summed E-state index contributed by atoms with van der Waals surface area (Å²) >= 11 is 11.5. The summed E-state index contributed by atoms with van der Waals surface area (Å²) in [5.41, 5.74) is 6.76. The Hall–Kier alpha value is -0.310. The number of halogens is 2. The van der Waals surface area contributed by atoms with E-state index in [0.29, 0.717) is 10.3 Å². The van der Waals surface area contributed by atoms with E-state index in [1.807, 2.05) is 6.07 Å². The van der Waals surface area contributed by atoms with E-state index < -0.39 is 0 Å². The van der Waals surface area contributed by atoms with Crippen molar-refractivity contribution in [2.24, 2.45) is 5.73 Å². The third kappa shape index (κ3) is 2.83. The van der Waals surface area contributed by atoms with Gasteiger partial charge in [-0.1, -0.05) is 42.6 Å². The lowest BCUT2D eigenvalue weighted by Gasteiger charge is -2.11. The number of hydrogen-bond donors (Lipinski definition) is 1. The molecule has 2 nitrogen and oxygen atoms in total. The Morgan fingerprint density at radius 1 is 1.46 bits per heavy atom. The number of hydrogen-bond acceptors (Lipinski definition) is 2. The molecule has 1 heterocycles. The minimum Gasteiger partial charge on any atom is -0.324 e. The van der Waals surface area contributed by atoms with Gasteiger partial charge in [-0.05, 0) is 12.5 Å². The van der Waals surface area contributed by atoms with E-state index in [0.717, 1.165) is 18.4 Å². The molecule has 0 bridgehead atoms. The molecule has 0 aromatic carbocycles. The Balaban J connectivity index is 2.88. The Morgan fingerprint density at radius 2 is 2.15 bits per heavy atom. The van der Waals surface area contributed by atoms with Crippen molar-refractivity contribution < 1.29 is 0 Å². The number of rotatable bonds is 3. The minimum absolute atomic E-state index is 0.0396. The lowest BCUT2D eigenvalue weighted by Crippen LogP contribution is -2.10. The summed E-state index contributed by atoms with van der Waals surface area (Å²) in [5, 5.41) is 0.811. The predicted octanol–water partition coefficient (Wildman–Crippen LogP) is 3.19. The number of nitrogens with two attached hydrogens (primary N) is 1. The van der Waals surface area contributed by atoms with E-state index in [1.54, 1.807) is 6.07 Å². The lowest BCUT2D eigenvalue weighted by atomic mass is 10.1. The van der Waals surface area contributed by atoms with E-state index >= 15 is 0 Å². The molecule has 0 aliphatic carbocycles. The third-order valence-electron chi connectivity index (χ3n) is 1.84. The van der Waals surface area contributed by atoms with Crippen LogP contribution in [0, 0.1) is 0 Å². The van der Waals surface area contributed by atoms with E-state index in [-0.39, 0.29) is 6.04 Å². The van der Waals surface area contributed by atoms with Gasteiger partial charge in [0.25, 0.3) is 0 Å². The summed E-state index contributed by atoms with van der Waals surface area (Å²) in [6.45, 7) is 2.08. The van der Waals surface area contributed by atoms with Gasteiger partial charge >= 0.3 is 0 Å². The molecule has 13 heavy (non-hydrogen) atoms. The summed E-state index contributed by atoms with van der Waals surface area (Å²) in [4.78, 5) is 3.93. The van der Waals surface area contributed by atoms with E-state index in [4.69, 9.17) is 28.9 Å². The van der Waals surface area contributed by atoms with Crippen molar-refractivity contribution in [2.75, 3.05) is 0 Å². The Kier molecular flexibility index (Phi) is 3.97. The topological polar surface area (TPSA) is 38.9 Å². The molecule has 0 radical (unpaired) electrons. The maximum Gasteiger partial charge on any atom is 0.135 e. The second-order valence-corrected chi connectivity index (χ2v) is 3.65. The largest absolute Gasteiger partial charge is 0.324 e. The SMILES string of the molecule is CCC[C@@H](N)c1ccc(Cl)nc1Cl. The highest BCUT2D eigenvalue weighted by atomic mass is 35.5. The van der Waals surface area contributed by atoms with Crippen molar-refractivity contribution in [3.05, 3.63) is 28.0 Å². The summed E-state index contributed by atoms with van der Waals surface area (Å²) < 4.78 is 0. The second-order valence-electron chi connectivity index (χ2n) is 2.91. The van der Waals surface area contributed by atoms with Crippen molar-refractivity contribution in [1.82, 2.24) is 4.98 Å². The molecular formula is C9H12Cl2N2. The van der Waals surface area contributed by atoms with Gasteiger partial charge in [0.1, 0.15) is 10.3 Å². The van der Waals surface area contributed by atoms with Crippen molar-refractivity contribution >= 4 is 23.2 Å². The quantitative estimate of drug-likeness (QED) is 0.793. The zero-order chi connectivity index (χ0) is 9.84. The molecule has 0 spiro atoms. The van der Waals surface area contributed by atoms with Gasteiger partial charge in [0, 0.05) is 11.6 Å². The van der Waals surface area contributed by atoms with E-state index in [9.17, 15) is 0 Å². The van der Waals surface area contributed by atoms with Crippen molar-refractivity contribution in [3.8, 4) is 0 Å². The standard InChI is InChI=1S/C9H12Cl2N2/c1-2-3-7(12)6-4-5-8(10)13-9(6)11/h4-5,7H,2-3,12H2,1H3/t7-/m1/s1. The Morgan fingerprint density at radius 3 is 2.69 bits per heavy atom. The Bertz CT molecular complexity index is 289. The minimum atomic E-state index is -0.0396. The molecule has 1 rings (SSSR count). The van der Waals surface area contributed by atoms with Crippen LogP contribution in [0.3, 0.4) is 0 Å². The first-order valence-corrected chi connectivity index (χ1v) is 4.98. The van der Waals surface area contributed by atoms with Crippen molar-refractivity contribution in [2.45, 2.75) is 25.8 Å². The highest BCUT2D eigenvalue weighted by Gasteiger charge is 2.10. The molecule has 0 saturated carbocycles. The van der Waals surface area contributed by atoms with Gasteiger partial charge in [0.2, 0.25) is 0 Å². The molecular weight excluding hydrogens is 207 g/mol. The molecule has 1 aromatic heterocycles. The monoisotopic (exact) mass is 218 g/mol. The normalized spacial score (nSPS) is 12.9. The second kappa shape index (κ2) is 4.80. The first-order valence-electron chi connectivity index (χ1n) is 4.22. The number of pyridine rings is 1. The number of nitrogens with zero attached hydrogens (tertiary/aromatic N) is 1. The first kappa shape index (κ1) is 10.8. The molecule has 2 N–H and O–H groups in total. The molecule has 0 unspecified atom stereocenters. The van der Waals surface area contributed by atoms with Crippen LogP contribution in [-0.2, 0) is 0 Å². The van der Waals surface area contributed by atoms with E-state index in [1.165, 1.54) is 0 Å². The number of aromatic nitrogens is 1. The van der Waals surface area contributed by atoms with Gasteiger partial charge in [-0.3, -0.25) is 0 Å². The zero-order valence-corrected chi connectivity index (χ0v) is 8.94. The smallest absolute Gasteiger partial charge is 0.135 e. The summed E-state index contributed by atoms with van der Waals surface area (Å²) in [7, 11) is 0.